The van der Waals surface area contributed by atoms with Crippen LogP contribution >= 0.6 is 0 Å². The lowest BCUT2D eigenvalue weighted by Gasteiger charge is -2.60. The summed E-state index contributed by atoms with van der Waals surface area (Å²) in [4.78, 5) is 0. The average Bonchev–Trinajstić information content (AvgIpc) is 2.56. The molecule has 2 saturated carbocycles. The lowest BCUT2D eigenvalue weighted by Crippen LogP contribution is -2.57. The quantitative estimate of drug-likeness (QED) is 0.561. The summed E-state index contributed by atoms with van der Waals surface area (Å²) in [5.74, 6) is 0.544. The lowest BCUT2D eigenvalue weighted by molar-refractivity contribution is -0.152. The topological polar surface area (TPSA) is 80.9 Å². The van der Waals surface area contributed by atoms with E-state index in [2.05, 4.69) is 20.1 Å². The van der Waals surface area contributed by atoms with E-state index in [0.29, 0.717) is 18.4 Å². The van der Waals surface area contributed by atoms with Crippen LogP contribution in [0, 0.1) is 22.7 Å². The zero-order valence-corrected chi connectivity index (χ0v) is 15.2. The molecule has 138 valence electrons. The summed E-state index contributed by atoms with van der Waals surface area (Å²) in [6.07, 6.45) is 3.69. The standard InChI is InChI=1S/C20H34O4/c1-13-6-8-17-19(3,10-9-18(24)20(17,4)12-22)15(13)7-5-14(2)16(23)11-21/h15-18,21-24H,1-2,5-12H2,3-4H3/t15-,16-,17+,18+,19+,20-/m1/s1. The van der Waals surface area contributed by atoms with Gasteiger partial charge in [0.25, 0.3) is 0 Å². The van der Waals surface area contributed by atoms with Gasteiger partial charge in [0.05, 0.1) is 25.4 Å². The summed E-state index contributed by atoms with van der Waals surface area (Å²) in [6, 6.07) is 0. The maximum Gasteiger partial charge on any atom is 0.0978 e. The molecule has 2 fully saturated rings. The fraction of sp³-hybridized carbons (Fsp3) is 0.800. The molecule has 2 aliphatic rings. The van der Waals surface area contributed by atoms with E-state index >= 15 is 0 Å². The second-order valence-electron chi connectivity index (χ2n) is 8.42. The van der Waals surface area contributed by atoms with Crippen LogP contribution in [-0.2, 0) is 0 Å². The van der Waals surface area contributed by atoms with Gasteiger partial charge in [-0.3, -0.25) is 0 Å². The van der Waals surface area contributed by atoms with Crippen molar-refractivity contribution < 1.29 is 20.4 Å². The summed E-state index contributed by atoms with van der Waals surface area (Å²) in [6.45, 7) is 12.2. The first-order valence-electron chi connectivity index (χ1n) is 9.14. The molecule has 0 saturated heterocycles. The Kier molecular flexibility index (Phi) is 5.96. The van der Waals surface area contributed by atoms with Crippen LogP contribution < -0.4 is 0 Å². The molecule has 0 aliphatic heterocycles. The Labute approximate surface area is 145 Å². The highest BCUT2D eigenvalue weighted by atomic mass is 16.3. The Morgan fingerprint density at radius 1 is 1.29 bits per heavy atom. The first kappa shape index (κ1) is 19.6. The lowest BCUT2D eigenvalue weighted by atomic mass is 9.46. The number of hydrogen-bond acceptors (Lipinski definition) is 4. The van der Waals surface area contributed by atoms with E-state index in [1.54, 1.807) is 0 Å². The second-order valence-corrected chi connectivity index (χ2v) is 8.42. The first-order chi connectivity index (χ1) is 11.2. The van der Waals surface area contributed by atoms with E-state index in [1.165, 1.54) is 5.57 Å². The van der Waals surface area contributed by atoms with Gasteiger partial charge in [-0.15, -0.1) is 0 Å². The van der Waals surface area contributed by atoms with Crippen molar-refractivity contribution in [1.29, 1.82) is 0 Å². The number of aliphatic hydroxyl groups is 4. The molecule has 4 N–H and O–H groups in total. The molecule has 0 aromatic heterocycles. The molecular formula is C20H34O4. The molecule has 6 atom stereocenters. The summed E-state index contributed by atoms with van der Waals surface area (Å²) < 4.78 is 0. The van der Waals surface area contributed by atoms with E-state index in [-0.39, 0.29) is 30.5 Å². The van der Waals surface area contributed by atoms with E-state index in [1.807, 2.05) is 6.92 Å². The van der Waals surface area contributed by atoms with Crippen molar-refractivity contribution in [2.45, 2.75) is 64.6 Å². The largest absolute Gasteiger partial charge is 0.396 e. The highest BCUT2D eigenvalue weighted by Gasteiger charge is 2.57. The molecule has 0 aromatic carbocycles. The molecule has 24 heavy (non-hydrogen) atoms. The van der Waals surface area contributed by atoms with Crippen molar-refractivity contribution in [1.82, 2.24) is 0 Å². The smallest absolute Gasteiger partial charge is 0.0978 e. The number of rotatable bonds is 6. The predicted octanol–water partition coefficient (Wildman–Crippen LogP) is 2.42. The molecule has 0 spiro atoms. The number of aliphatic hydroxyl groups excluding tert-OH is 4. The Morgan fingerprint density at radius 2 is 1.96 bits per heavy atom. The van der Waals surface area contributed by atoms with Gasteiger partial charge in [0.2, 0.25) is 0 Å². The summed E-state index contributed by atoms with van der Waals surface area (Å²) >= 11 is 0. The third-order valence-corrected chi connectivity index (χ3v) is 7.09. The Hall–Kier alpha value is -0.680. The summed E-state index contributed by atoms with van der Waals surface area (Å²) in [5.41, 5.74) is 1.43. The number of fused-ring (bicyclic) bond motifs is 1. The minimum absolute atomic E-state index is 0.00348. The van der Waals surface area contributed by atoms with Crippen molar-refractivity contribution in [3.8, 4) is 0 Å². The van der Waals surface area contributed by atoms with Gasteiger partial charge < -0.3 is 20.4 Å². The molecule has 2 aliphatic carbocycles. The Bertz CT molecular complexity index is 488. The first-order valence-corrected chi connectivity index (χ1v) is 9.14. The zero-order chi connectivity index (χ0) is 18.1. The van der Waals surface area contributed by atoms with Gasteiger partial charge in [-0.05, 0) is 61.3 Å². The molecule has 4 nitrogen and oxygen atoms in total. The van der Waals surface area contributed by atoms with Crippen LogP contribution in [0.4, 0.5) is 0 Å². The van der Waals surface area contributed by atoms with E-state index in [0.717, 1.165) is 25.7 Å². The second kappa shape index (κ2) is 7.28. The molecule has 4 heteroatoms. The van der Waals surface area contributed by atoms with Crippen molar-refractivity contribution in [3.05, 3.63) is 24.3 Å². The van der Waals surface area contributed by atoms with Crippen LogP contribution in [0.25, 0.3) is 0 Å². The minimum atomic E-state index is -0.860. The van der Waals surface area contributed by atoms with Crippen LogP contribution in [0.15, 0.2) is 24.3 Å². The Balaban J connectivity index is 2.21. The van der Waals surface area contributed by atoms with E-state index in [4.69, 9.17) is 5.11 Å². The monoisotopic (exact) mass is 338 g/mol. The minimum Gasteiger partial charge on any atom is -0.396 e. The molecule has 0 radical (unpaired) electrons. The summed E-state index contributed by atoms with van der Waals surface area (Å²) in [7, 11) is 0. The highest BCUT2D eigenvalue weighted by Crippen LogP contribution is 2.61. The van der Waals surface area contributed by atoms with Gasteiger partial charge in [-0.1, -0.05) is 32.6 Å². The fourth-order valence-electron chi connectivity index (χ4n) is 5.36. The highest BCUT2D eigenvalue weighted by molar-refractivity contribution is 5.18. The number of allylic oxidation sites excluding steroid dienone is 1. The average molecular weight is 338 g/mol. The van der Waals surface area contributed by atoms with Gasteiger partial charge in [-0.2, -0.15) is 0 Å². The molecule has 0 bridgehead atoms. The van der Waals surface area contributed by atoms with Crippen molar-refractivity contribution in [2.24, 2.45) is 22.7 Å². The van der Waals surface area contributed by atoms with Crippen molar-refractivity contribution in [3.63, 3.8) is 0 Å². The zero-order valence-electron chi connectivity index (χ0n) is 15.2. The fourth-order valence-corrected chi connectivity index (χ4v) is 5.36. The van der Waals surface area contributed by atoms with Crippen LogP contribution in [0.5, 0.6) is 0 Å². The molecule has 2 rings (SSSR count). The van der Waals surface area contributed by atoms with Crippen LogP contribution in [0.3, 0.4) is 0 Å². The normalized spacial score (nSPS) is 40.9. The predicted molar refractivity (Wildman–Crippen MR) is 95.4 cm³/mol. The van der Waals surface area contributed by atoms with Gasteiger partial charge in [0.15, 0.2) is 0 Å². The molecule has 0 amide bonds. The van der Waals surface area contributed by atoms with Gasteiger partial charge in [0.1, 0.15) is 0 Å². The maximum atomic E-state index is 10.5. The SMILES string of the molecule is C=C(CC[C@@H]1C(=C)CC[C@H]2[C@@]1(C)CC[C@H](O)[C@]2(C)CO)[C@H](O)CO. The third-order valence-electron chi connectivity index (χ3n) is 7.09. The summed E-state index contributed by atoms with van der Waals surface area (Å²) in [5, 5.41) is 39.3. The van der Waals surface area contributed by atoms with Gasteiger partial charge in [0, 0.05) is 5.41 Å². The number of hydrogen-bond donors (Lipinski definition) is 4. The van der Waals surface area contributed by atoms with Crippen LogP contribution in [-0.4, -0.2) is 45.8 Å². The van der Waals surface area contributed by atoms with Gasteiger partial charge in [-0.25, -0.2) is 0 Å². The van der Waals surface area contributed by atoms with Crippen molar-refractivity contribution in [2.75, 3.05) is 13.2 Å². The Morgan fingerprint density at radius 3 is 2.54 bits per heavy atom. The van der Waals surface area contributed by atoms with Crippen LogP contribution in [0.1, 0.15) is 52.4 Å². The van der Waals surface area contributed by atoms with Crippen LogP contribution in [0.2, 0.25) is 0 Å². The van der Waals surface area contributed by atoms with E-state index < -0.39 is 17.6 Å². The molecule has 0 unspecified atom stereocenters. The van der Waals surface area contributed by atoms with Crippen molar-refractivity contribution >= 4 is 0 Å². The van der Waals surface area contributed by atoms with Gasteiger partial charge >= 0.3 is 0 Å². The molecule has 0 heterocycles. The third kappa shape index (κ3) is 3.22. The van der Waals surface area contributed by atoms with E-state index in [9.17, 15) is 15.3 Å². The molecular weight excluding hydrogens is 304 g/mol. The molecule has 0 aromatic rings. The maximum absolute atomic E-state index is 10.5.